The van der Waals surface area contributed by atoms with Crippen molar-refractivity contribution in [2.75, 3.05) is 10.6 Å². The van der Waals surface area contributed by atoms with E-state index in [9.17, 15) is 22.8 Å². The number of rotatable bonds is 5. The van der Waals surface area contributed by atoms with Crippen molar-refractivity contribution in [3.63, 3.8) is 0 Å². The maximum atomic E-state index is 13.4. The molecule has 2 amide bonds. The fourth-order valence-corrected chi connectivity index (χ4v) is 3.11. The van der Waals surface area contributed by atoms with E-state index in [1.54, 1.807) is 19.1 Å². The smallest absolute Gasteiger partial charge is 0.416 e. The second kappa shape index (κ2) is 10.1. The number of nitrogens with zero attached hydrogens (tertiary/aromatic N) is 3. The average Bonchev–Trinajstić information content (AvgIpc) is 3.39. The largest absolute Gasteiger partial charge is 0.445 e. The minimum Gasteiger partial charge on any atom is -0.445 e. The van der Waals surface area contributed by atoms with Gasteiger partial charge >= 0.3 is 6.18 Å². The van der Waals surface area contributed by atoms with Gasteiger partial charge in [-0.2, -0.15) is 13.2 Å². The first-order valence-electron chi connectivity index (χ1n) is 10.3. The van der Waals surface area contributed by atoms with Crippen LogP contribution in [-0.2, 0) is 11.0 Å². The number of nitrogens with one attached hydrogen (secondary N) is 2. The molecule has 2 aromatic carbocycles. The molecule has 0 radical (unpaired) electrons. The number of carbonyl (C=O) groups excluding carboxylic acids is 2. The van der Waals surface area contributed by atoms with Crippen molar-refractivity contribution in [1.82, 2.24) is 15.0 Å². The highest BCUT2D eigenvalue weighted by molar-refractivity contribution is 6.04. The van der Waals surface area contributed by atoms with E-state index < -0.39 is 17.6 Å². The van der Waals surface area contributed by atoms with Crippen LogP contribution in [0.1, 0.15) is 32.6 Å². The van der Waals surface area contributed by atoms with Gasteiger partial charge in [0.15, 0.2) is 0 Å². The number of amides is 2. The molecule has 4 rings (SSSR count). The highest BCUT2D eigenvalue weighted by atomic mass is 19.4. The Morgan fingerprint density at radius 1 is 1.06 bits per heavy atom. The Hall–Kier alpha value is -4.98. The molecule has 0 aliphatic rings. The zero-order valence-corrected chi connectivity index (χ0v) is 18.6. The lowest BCUT2D eigenvalue weighted by Crippen LogP contribution is -2.14. The monoisotopic (exact) mass is 491 g/mol. The number of aryl methyl sites for hydroxylation is 1. The summed E-state index contributed by atoms with van der Waals surface area (Å²) in [6.07, 6.45) is 1.22. The summed E-state index contributed by atoms with van der Waals surface area (Å²) in [6.45, 7) is 1.80. The van der Waals surface area contributed by atoms with Crippen LogP contribution in [0.5, 0.6) is 0 Å². The van der Waals surface area contributed by atoms with Crippen molar-refractivity contribution in [1.29, 1.82) is 0 Å². The normalized spacial score (nSPS) is 10.8. The Morgan fingerprint density at radius 3 is 2.50 bits per heavy atom. The minimum atomic E-state index is -4.64. The first-order valence-corrected chi connectivity index (χ1v) is 10.3. The molecule has 4 aromatic rings. The molecule has 0 bridgehead atoms. The Kier molecular flexibility index (Phi) is 6.78. The summed E-state index contributed by atoms with van der Waals surface area (Å²) in [5.74, 6) is 5.29. The number of anilines is 2. The number of aromatic nitrogens is 3. The Labute approximate surface area is 202 Å². The number of halogens is 3. The Bertz CT molecular complexity index is 1470. The third-order valence-electron chi connectivity index (χ3n) is 4.88. The zero-order valence-electron chi connectivity index (χ0n) is 18.6. The van der Waals surface area contributed by atoms with Crippen LogP contribution in [0, 0.1) is 18.8 Å². The van der Waals surface area contributed by atoms with Gasteiger partial charge in [0.25, 0.3) is 5.91 Å². The highest BCUT2D eigenvalue weighted by Crippen LogP contribution is 2.34. The van der Waals surface area contributed by atoms with Crippen LogP contribution in [-0.4, -0.2) is 27.3 Å². The van der Waals surface area contributed by atoms with Crippen LogP contribution in [0.25, 0.3) is 11.5 Å². The third-order valence-corrected chi connectivity index (χ3v) is 4.88. The first-order chi connectivity index (χ1) is 17.2. The maximum Gasteiger partial charge on any atom is 0.416 e. The van der Waals surface area contributed by atoms with E-state index in [4.69, 9.17) is 4.42 Å². The Balaban J connectivity index is 1.59. The highest BCUT2D eigenvalue weighted by Gasteiger charge is 2.32. The zero-order chi connectivity index (χ0) is 25.7. The lowest BCUT2D eigenvalue weighted by Gasteiger charge is -2.12. The summed E-state index contributed by atoms with van der Waals surface area (Å²) in [6, 6.07) is 7.83. The van der Waals surface area contributed by atoms with Gasteiger partial charge in [-0.3, -0.25) is 14.9 Å². The van der Waals surface area contributed by atoms with Crippen molar-refractivity contribution >= 4 is 24.0 Å². The van der Waals surface area contributed by atoms with E-state index in [1.165, 1.54) is 37.0 Å². The van der Waals surface area contributed by atoms with Gasteiger partial charge in [0, 0.05) is 34.8 Å². The number of carbonyl (C=O) groups is 2. The number of hydrogen-bond acceptors (Lipinski definition) is 6. The fraction of sp³-hybridized carbons (Fsp3) is 0.0800. The molecule has 0 atom stereocenters. The third kappa shape index (κ3) is 5.74. The van der Waals surface area contributed by atoms with Gasteiger partial charge in [0.05, 0.1) is 17.3 Å². The second-order valence-electron chi connectivity index (χ2n) is 7.43. The van der Waals surface area contributed by atoms with Crippen LogP contribution in [0.3, 0.4) is 0 Å². The Morgan fingerprint density at radius 2 is 1.83 bits per heavy atom. The summed E-state index contributed by atoms with van der Waals surface area (Å²) < 4.78 is 45.4. The first kappa shape index (κ1) is 24.2. The van der Waals surface area contributed by atoms with Crippen molar-refractivity contribution < 1.29 is 27.2 Å². The van der Waals surface area contributed by atoms with Crippen LogP contribution in [0.2, 0.25) is 0 Å². The molecule has 0 aliphatic carbocycles. The molecule has 11 heteroatoms. The molecular formula is C25H16F3N5O3. The molecule has 2 N–H and O–H groups in total. The van der Waals surface area contributed by atoms with Crippen LogP contribution in [0.4, 0.5) is 24.8 Å². The molecule has 0 aliphatic heterocycles. The van der Waals surface area contributed by atoms with E-state index in [-0.39, 0.29) is 28.7 Å². The predicted octanol–water partition coefficient (Wildman–Crippen LogP) is 4.68. The van der Waals surface area contributed by atoms with Crippen molar-refractivity contribution in [3.05, 3.63) is 89.1 Å². The quantitative estimate of drug-likeness (QED) is 0.310. The second-order valence-corrected chi connectivity index (χ2v) is 7.43. The van der Waals surface area contributed by atoms with Gasteiger partial charge in [0.2, 0.25) is 18.2 Å². The lowest BCUT2D eigenvalue weighted by molar-refractivity contribution is -0.137. The maximum absolute atomic E-state index is 13.4. The van der Waals surface area contributed by atoms with Crippen LogP contribution < -0.4 is 10.6 Å². The minimum absolute atomic E-state index is 0.0107. The summed E-state index contributed by atoms with van der Waals surface area (Å²) in [4.78, 5) is 35.1. The van der Waals surface area contributed by atoms with Gasteiger partial charge in [0.1, 0.15) is 6.26 Å². The number of alkyl halides is 3. The van der Waals surface area contributed by atoms with Gasteiger partial charge < -0.3 is 9.73 Å². The van der Waals surface area contributed by atoms with Crippen LogP contribution >= 0.6 is 0 Å². The molecule has 2 aromatic heterocycles. The van der Waals surface area contributed by atoms with E-state index >= 15 is 0 Å². The molecule has 2 heterocycles. The summed E-state index contributed by atoms with van der Waals surface area (Å²) in [7, 11) is 0. The lowest BCUT2D eigenvalue weighted by atomic mass is 10.0. The standard InChI is InChI=1S/C25H16F3N5O3/c1-15-2-4-18(8-17(15)5-3-16-12-30-24(31-13-16)32-14-34)22(35)33-21-10-19(23-29-6-7-36-23)9-20(11-21)25(26,27)28/h2,4,6-14H,1H3,(H,33,35)(H,30,31,32,34). The number of hydrogen-bond donors (Lipinski definition) is 2. The molecule has 0 fully saturated rings. The molecular weight excluding hydrogens is 475 g/mol. The number of oxazole rings is 1. The van der Waals surface area contributed by atoms with Gasteiger partial charge in [-0.25, -0.2) is 15.0 Å². The van der Waals surface area contributed by atoms with E-state index in [0.29, 0.717) is 17.5 Å². The van der Waals surface area contributed by atoms with E-state index in [2.05, 4.69) is 37.4 Å². The summed E-state index contributed by atoms with van der Waals surface area (Å²) in [5.41, 5.74) is 1.02. The number of benzene rings is 2. The van der Waals surface area contributed by atoms with Crippen molar-refractivity contribution in [2.24, 2.45) is 0 Å². The molecule has 0 spiro atoms. The molecule has 0 unspecified atom stereocenters. The summed E-state index contributed by atoms with van der Waals surface area (Å²) in [5, 5.41) is 4.81. The summed E-state index contributed by atoms with van der Waals surface area (Å²) >= 11 is 0. The SMILES string of the molecule is Cc1ccc(C(=O)Nc2cc(-c3ncco3)cc(C(F)(F)F)c2)cc1C#Cc1cnc(NC=O)nc1. The van der Waals surface area contributed by atoms with Crippen molar-refractivity contribution in [2.45, 2.75) is 13.1 Å². The molecule has 0 saturated heterocycles. The molecule has 8 nitrogen and oxygen atoms in total. The molecule has 0 saturated carbocycles. The van der Waals surface area contributed by atoms with Gasteiger partial charge in [-0.05, 0) is 42.8 Å². The molecule has 36 heavy (non-hydrogen) atoms. The fourth-order valence-electron chi connectivity index (χ4n) is 3.11. The van der Waals surface area contributed by atoms with Gasteiger partial charge in [-0.1, -0.05) is 17.9 Å². The van der Waals surface area contributed by atoms with Crippen molar-refractivity contribution in [3.8, 4) is 23.3 Å². The van der Waals surface area contributed by atoms with E-state index in [1.807, 2.05) is 0 Å². The predicted molar refractivity (Wildman–Crippen MR) is 124 cm³/mol. The van der Waals surface area contributed by atoms with Gasteiger partial charge in [-0.15, -0.1) is 0 Å². The van der Waals surface area contributed by atoms with Crippen LogP contribution in [0.15, 0.2) is 65.7 Å². The average molecular weight is 491 g/mol. The molecule has 180 valence electrons. The topological polar surface area (TPSA) is 110 Å². The van der Waals surface area contributed by atoms with E-state index in [0.717, 1.165) is 17.7 Å².